The van der Waals surface area contributed by atoms with Crippen molar-refractivity contribution >= 4 is 27.5 Å². The van der Waals surface area contributed by atoms with Gasteiger partial charge < -0.3 is 10.2 Å². The molecule has 0 radical (unpaired) electrons. The Bertz CT molecular complexity index is 1120. The van der Waals surface area contributed by atoms with E-state index in [2.05, 4.69) is 5.32 Å². The molecule has 0 aliphatic heterocycles. The number of hydrogen-bond acceptors (Lipinski definition) is 4. The van der Waals surface area contributed by atoms with E-state index < -0.39 is 39.9 Å². The second kappa shape index (κ2) is 10.5. The number of anilines is 1. The van der Waals surface area contributed by atoms with Gasteiger partial charge in [0.15, 0.2) is 0 Å². The highest BCUT2D eigenvalue weighted by Gasteiger charge is 2.31. The van der Waals surface area contributed by atoms with Crippen LogP contribution in [0, 0.1) is 19.7 Å². The molecule has 1 N–H and O–H groups in total. The molecule has 0 heterocycles. The number of carbonyl (C=O) groups excluding carboxylic acids is 2. The Morgan fingerprint density at radius 1 is 1.03 bits per heavy atom. The van der Waals surface area contributed by atoms with Crippen LogP contribution in [-0.4, -0.2) is 49.5 Å². The van der Waals surface area contributed by atoms with Gasteiger partial charge in [-0.1, -0.05) is 18.2 Å². The first-order chi connectivity index (χ1) is 15.6. The summed E-state index contributed by atoms with van der Waals surface area (Å²) in [5.41, 5.74) is 2.19. The molecule has 2 aromatic carbocycles. The molecule has 0 saturated carbocycles. The van der Waals surface area contributed by atoms with E-state index in [-0.39, 0.29) is 12.5 Å². The first-order valence-corrected chi connectivity index (χ1v) is 12.8. The van der Waals surface area contributed by atoms with Crippen LogP contribution < -0.4 is 9.62 Å². The lowest BCUT2D eigenvalue weighted by atomic mass is 10.1. The third kappa shape index (κ3) is 7.83. The van der Waals surface area contributed by atoms with E-state index >= 15 is 0 Å². The summed E-state index contributed by atoms with van der Waals surface area (Å²) in [6, 6.07) is 10.0. The zero-order chi connectivity index (χ0) is 25.8. The first-order valence-electron chi connectivity index (χ1n) is 11.0. The fourth-order valence-corrected chi connectivity index (χ4v) is 4.38. The lowest BCUT2D eigenvalue weighted by Crippen LogP contribution is -2.54. The maximum atomic E-state index is 13.5. The Labute approximate surface area is 202 Å². The van der Waals surface area contributed by atoms with Crippen LogP contribution in [0.1, 0.15) is 44.4 Å². The number of carbonyl (C=O) groups is 2. The molecule has 0 aromatic heterocycles. The predicted molar refractivity (Wildman–Crippen MR) is 132 cm³/mol. The highest BCUT2D eigenvalue weighted by atomic mass is 32.2. The van der Waals surface area contributed by atoms with Gasteiger partial charge in [0.2, 0.25) is 21.8 Å². The van der Waals surface area contributed by atoms with Crippen LogP contribution in [0.2, 0.25) is 0 Å². The zero-order valence-electron chi connectivity index (χ0n) is 20.8. The number of hydrogen-bond donors (Lipinski definition) is 1. The van der Waals surface area contributed by atoms with Gasteiger partial charge in [-0.2, -0.15) is 0 Å². The molecule has 2 rings (SSSR count). The summed E-state index contributed by atoms with van der Waals surface area (Å²) in [7, 11) is -3.80. The fraction of sp³-hybridized carbons (Fsp3) is 0.440. The van der Waals surface area contributed by atoms with E-state index in [0.717, 1.165) is 21.7 Å². The summed E-state index contributed by atoms with van der Waals surface area (Å²) in [5.74, 6) is -1.34. The molecule has 0 unspecified atom stereocenters. The van der Waals surface area contributed by atoms with Gasteiger partial charge in [-0.15, -0.1) is 0 Å². The Balaban J connectivity index is 2.43. The molecule has 34 heavy (non-hydrogen) atoms. The summed E-state index contributed by atoms with van der Waals surface area (Å²) in [4.78, 5) is 27.7. The van der Waals surface area contributed by atoms with Crippen LogP contribution in [0.15, 0.2) is 42.5 Å². The molecule has 0 bridgehead atoms. The van der Waals surface area contributed by atoms with E-state index in [1.807, 2.05) is 40.7 Å². The van der Waals surface area contributed by atoms with Gasteiger partial charge in [-0.25, -0.2) is 12.8 Å². The third-order valence-corrected chi connectivity index (χ3v) is 6.25. The molecule has 9 heteroatoms. The largest absolute Gasteiger partial charge is 0.350 e. The van der Waals surface area contributed by atoms with Crippen molar-refractivity contribution in [2.75, 3.05) is 17.1 Å². The van der Waals surface area contributed by atoms with Crippen molar-refractivity contribution in [1.82, 2.24) is 10.2 Å². The van der Waals surface area contributed by atoms with E-state index in [4.69, 9.17) is 0 Å². The summed E-state index contributed by atoms with van der Waals surface area (Å²) < 4.78 is 39.7. The number of rotatable bonds is 8. The maximum absolute atomic E-state index is 13.5. The van der Waals surface area contributed by atoms with Crippen LogP contribution in [0.3, 0.4) is 0 Å². The molecule has 0 spiro atoms. The topological polar surface area (TPSA) is 86.8 Å². The predicted octanol–water partition coefficient (Wildman–Crippen LogP) is 3.54. The number of aryl methyl sites for hydroxylation is 2. The van der Waals surface area contributed by atoms with E-state index in [1.165, 1.54) is 29.2 Å². The fourth-order valence-electron chi connectivity index (χ4n) is 3.55. The van der Waals surface area contributed by atoms with E-state index in [1.54, 1.807) is 19.1 Å². The Morgan fingerprint density at radius 3 is 2.03 bits per heavy atom. The smallest absolute Gasteiger partial charge is 0.244 e. The zero-order valence-corrected chi connectivity index (χ0v) is 21.7. The number of nitrogens with zero attached hydrogens (tertiary/aromatic N) is 2. The Kier molecular flexibility index (Phi) is 8.47. The molecule has 7 nitrogen and oxygen atoms in total. The second-order valence-corrected chi connectivity index (χ2v) is 11.6. The highest BCUT2D eigenvalue weighted by Crippen LogP contribution is 2.22. The van der Waals surface area contributed by atoms with Crippen molar-refractivity contribution < 1.29 is 22.4 Å². The van der Waals surface area contributed by atoms with Crippen LogP contribution in [-0.2, 0) is 26.2 Å². The molecule has 0 fully saturated rings. The summed E-state index contributed by atoms with van der Waals surface area (Å²) in [6.07, 6.45) is 1.04. The van der Waals surface area contributed by atoms with Crippen molar-refractivity contribution in [2.24, 2.45) is 0 Å². The SMILES string of the molecule is Cc1cc(C)cc(N(CC(=O)N(Cc2ccc(F)cc2)[C@H](C)C(=O)NC(C)(C)C)S(C)(=O)=O)c1. The average Bonchev–Trinajstić information content (AvgIpc) is 2.68. The monoisotopic (exact) mass is 491 g/mol. The van der Waals surface area contributed by atoms with Crippen LogP contribution in [0.4, 0.5) is 10.1 Å². The van der Waals surface area contributed by atoms with Gasteiger partial charge in [-0.3, -0.25) is 13.9 Å². The van der Waals surface area contributed by atoms with Gasteiger partial charge in [0, 0.05) is 12.1 Å². The van der Waals surface area contributed by atoms with Gasteiger partial charge in [0.25, 0.3) is 0 Å². The number of amides is 2. The molecular weight excluding hydrogens is 457 g/mol. The Morgan fingerprint density at radius 2 is 1.56 bits per heavy atom. The molecule has 0 saturated heterocycles. The highest BCUT2D eigenvalue weighted by molar-refractivity contribution is 7.92. The summed E-state index contributed by atoms with van der Waals surface area (Å²) in [6.45, 7) is 10.3. The van der Waals surface area contributed by atoms with Crippen molar-refractivity contribution in [3.63, 3.8) is 0 Å². The third-order valence-electron chi connectivity index (χ3n) is 5.11. The lowest BCUT2D eigenvalue weighted by molar-refractivity contribution is -0.140. The quantitative estimate of drug-likeness (QED) is 0.612. The van der Waals surface area contributed by atoms with Crippen LogP contribution >= 0.6 is 0 Å². The maximum Gasteiger partial charge on any atom is 0.244 e. The molecule has 2 amide bonds. The Hall–Kier alpha value is -2.94. The average molecular weight is 492 g/mol. The van der Waals surface area contributed by atoms with Crippen molar-refractivity contribution in [3.8, 4) is 0 Å². The number of benzene rings is 2. The van der Waals surface area contributed by atoms with E-state index in [9.17, 15) is 22.4 Å². The van der Waals surface area contributed by atoms with Gasteiger partial charge >= 0.3 is 0 Å². The standard InChI is InChI=1S/C25H34FN3O4S/c1-17-12-18(2)14-22(13-17)29(34(7,32)33)16-23(30)28(15-20-8-10-21(26)11-9-20)19(3)24(31)27-25(4,5)6/h8-14,19H,15-16H2,1-7H3,(H,27,31)/t19-/m1/s1. The van der Waals surface area contributed by atoms with Gasteiger partial charge in [0.1, 0.15) is 18.4 Å². The van der Waals surface area contributed by atoms with Crippen LogP contribution in [0.25, 0.3) is 0 Å². The molecule has 1 atom stereocenters. The normalized spacial score (nSPS) is 12.7. The number of nitrogens with one attached hydrogen (secondary N) is 1. The molecule has 0 aliphatic carbocycles. The van der Waals surface area contributed by atoms with E-state index in [0.29, 0.717) is 11.3 Å². The summed E-state index contributed by atoms with van der Waals surface area (Å²) in [5, 5.41) is 2.85. The minimum absolute atomic E-state index is 0.0162. The van der Waals surface area contributed by atoms with Crippen molar-refractivity contribution in [3.05, 3.63) is 65.0 Å². The minimum atomic E-state index is -3.80. The van der Waals surface area contributed by atoms with Gasteiger partial charge in [-0.05, 0) is 82.5 Å². The molecule has 2 aromatic rings. The van der Waals surface area contributed by atoms with Crippen molar-refractivity contribution in [2.45, 2.75) is 59.7 Å². The minimum Gasteiger partial charge on any atom is -0.350 e. The first kappa shape index (κ1) is 27.3. The number of sulfonamides is 1. The lowest BCUT2D eigenvalue weighted by Gasteiger charge is -2.33. The van der Waals surface area contributed by atoms with Crippen molar-refractivity contribution in [1.29, 1.82) is 0 Å². The second-order valence-electron chi connectivity index (χ2n) is 9.68. The number of halogens is 1. The molecule has 186 valence electrons. The molecular formula is C25H34FN3O4S. The summed E-state index contributed by atoms with van der Waals surface area (Å²) >= 11 is 0. The molecule has 0 aliphatic rings. The van der Waals surface area contributed by atoms with Crippen LogP contribution in [0.5, 0.6) is 0 Å². The van der Waals surface area contributed by atoms with Gasteiger partial charge in [0.05, 0.1) is 11.9 Å².